The van der Waals surface area contributed by atoms with E-state index in [1.165, 1.54) is 5.56 Å². The third-order valence-corrected chi connectivity index (χ3v) is 3.44. The van der Waals surface area contributed by atoms with E-state index in [4.69, 9.17) is 5.11 Å². The summed E-state index contributed by atoms with van der Waals surface area (Å²) in [4.78, 5) is 10.8. The van der Waals surface area contributed by atoms with Crippen LogP contribution in [0, 0.1) is 5.92 Å². The first-order chi connectivity index (χ1) is 8.25. The molecule has 3 heteroatoms. The summed E-state index contributed by atoms with van der Waals surface area (Å²) in [5.41, 5.74) is 1.37. The quantitative estimate of drug-likeness (QED) is 0.818. The van der Waals surface area contributed by atoms with Crippen molar-refractivity contribution in [3.63, 3.8) is 0 Å². The molecular formula is C14H19NO2. The molecule has 2 N–H and O–H groups in total. The Morgan fingerprint density at radius 2 is 2.12 bits per heavy atom. The van der Waals surface area contributed by atoms with E-state index in [1.807, 2.05) is 6.07 Å². The lowest BCUT2D eigenvalue weighted by atomic mass is 9.97. The summed E-state index contributed by atoms with van der Waals surface area (Å²) in [6, 6.07) is 10.1. The van der Waals surface area contributed by atoms with Crippen molar-refractivity contribution < 1.29 is 9.90 Å². The van der Waals surface area contributed by atoms with Crippen LogP contribution in [-0.4, -0.2) is 23.7 Å². The first-order valence-electron chi connectivity index (χ1n) is 6.26. The molecule has 2 rings (SSSR count). The van der Waals surface area contributed by atoms with Crippen LogP contribution in [0.3, 0.4) is 0 Å². The Morgan fingerprint density at radius 3 is 2.76 bits per heavy atom. The van der Waals surface area contributed by atoms with Gasteiger partial charge in [0.05, 0.1) is 0 Å². The van der Waals surface area contributed by atoms with Gasteiger partial charge in [-0.3, -0.25) is 4.79 Å². The molecule has 1 heterocycles. The summed E-state index contributed by atoms with van der Waals surface area (Å²) in [7, 11) is 0. The van der Waals surface area contributed by atoms with Gasteiger partial charge in [0, 0.05) is 0 Å². The molecule has 3 nitrogen and oxygen atoms in total. The van der Waals surface area contributed by atoms with E-state index < -0.39 is 5.97 Å². The zero-order chi connectivity index (χ0) is 12.1. The summed E-state index contributed by atoms with van der Waals surface area (Å²) >= 11 is 0. The maximum absolute atomic E-state index is 10.8. The number of rotatable bonds is 5. The summed E-state index contributed by atoms with van der Waals surface area (Å²) in [5, 5.41) is 11.9. The van der Waals surface area contributed by atoms with E-state index in [1.54, 1.807) is 0 Å². The van der Waals surface area contributed by atoms with Crippen molar-refractivity contribution in [1.82, 2.24) is 5.32 Å². The van der Waals surface area contributed by atoms with Crippen LogP contribution >= 0.6 is 0 Å². The molecule has 1 aliphatic heterocycles. The van der Waals surface area contributed by atoms with Gasteiger partial charge in [-0.1, -0.05) is 30.3 Å². The van der Waals surface area contributed by atoms with Gasteiger partial charge in [-0.25, -0.2) is 0 Å². The highest BCUT2D eigenvalue weighted by Crippen LogP contribution is 2.20. The third kappa shape index (κ3) is 3.56. The summed E-state index contributed by atoms with van der Waals surface area (Å²) in [6.45, 7) is 0.853. The predicted octanol–water partition coefficient (Wildman–Crippen LogP) is 2.07. The maximum atomic E-state index is 10.8. The first kappa shape index (κ1) is 12.1. The number of carbonyl (C=O) groups is 1. The van der Waals surface area contributed by atoms with E-state index in [2.05, 4.69) is 29.6 Å². The monoisotopic (exact) mass is 233 g/mol. The smallest absolute Gasteiger partial charge is 0.320 e. The molecular weight excluding hydrogens is 214 g/mol. The predicted molar refractivity (Wildman–Crippen MR) is 66.9 cm³/mol. The Balaban J connectivity index is 1.68. The lowest BCUT2D eigenvalue weighted by Gasteiger charge is -2.07. The number of aliphatic carboxylic acids is 1. The fraction of sp³-hybridized carbons (Fsp3) is 0.500. The Hall–Kier alpha value is -1.35. The molecule has 0 spiro atoms. The van der Waals surface area contributed by atoms with Crippen LogP contribution in [0.4, 0.5) is 0 Å². The van der Waals surface area contributed by atoms with E-state index in [-0.39, 0.29) is 6.04 Å². The zero-order valence-electron chi connectivity index (χ0n) is 9.93. The van der Waals surface area contributed by atoms with Crippen LogP contribution < -0.4 is 5.32 Å². The summed E-state index contributed by atoms with van der Waals surface area (Å²) in [5.74, 6) is -0.185. The molecule has 1 aromatic rings. The molecule has 1 fully saturated rings. The van der Waals surface area contributed by atoms with Gasteiger partial charge in [0.1, 0.15) is 6.04 Å². The van der Waals surface area contributed by atoms with Gasteiger partial charge < -0.3 is 10.4 Å². The minimum Gasteiger partial charge on any atom is -0.480 e. The zero-order valence-corrected chi connectivity index (χ0v) is 9.93. The molecule has 0 saturated carbocycles. The molecule has 0 aliphatic carbocycles. The highest BCUT2D eigenvalue weighted by atomic mass is 16.4. The molecule has 0 amide bonds. The van der Waals surface area contributed by atoms with Crippen molar-refractivity contribution in [3.8, 4) is 0 Å². The van der Waals surface area contributed by atoms with Crippen molar-refractivity contribution in [2.45, 2.75) is 31.7 Å². The Kier molecular flexibility index (Phi) is 4.15. The number of hydrogen-bond donors (Lipinski definition) is 2. The van der Waals surface area contributed by atoms with E-state index >= 15 is 0 Å². The average molecular weight is 233 g/mol. The first-order valence-corrected chi connectivity index (χ1v) is 6.26. The number of aryl methyl sites for hydroxylation is 1. The van der Waals surface area contributed by atoms with Crippen molar-refractivity contribution >= 4 is 5.97 Å². The molecule has 1 aromatic carbocycles. The molecule has 1 aliphatic rings. The third-order valence-electron chi connectivity index (χ3n) is 3.44. The molecule has 17 heavy (non-hydrogen) atoms. The van der Waals surface area contributed by atoms with Crippen LogP contribution in [0.1, 0.15) is 24.8 Å². The minimum absolute atomic E-state index is 0.322. The summed E-state index contributed by atoms with van der Waals surface area (Å²) in [6.07, 6.45) is 4.13. The van der Waals surface area contributed by atoms with Crippen LogP contribution in [0.2, 0.25) is 0 Å². The topological polar surface area (TPSA) is 49.3 Å². The lowest BCUT2D eigenvalue weighted by Crippen LogP contribution is -2.29. The Bertz CT molecular complexity index is 364. The van der Waals surface area contributed by atoms with Gasteiger partial charge in [-0.15, -0.1) is 0 Å². The highest BCUT2D eigenvalue weighted by Gasteiger charge is 2.28. The van der Waals surface area contributed by atoms with E-state index in [0.717, 1.165) is 32.2 Å². The molecule has 0 unspecified atom stereocenters. The largest absolute Gasteiger partial charge is 0.480 e. The normalized spacial score (nSPS) is 23.8. The molecule has 0 radical (unpaired) electrons. The van der Waals surface area contributed by atoms with Gasteiger partial charge in [-0.2, -0.15) is 0 Å². The Labute approximate surface area is 102 Å². The van der Waals surface area contributed by atoms with Gasteiger partial charge in [0.15, 0.2) is 0 Å². The molecule has 92 valence electrons. The molecule has 1 saturated heterocycles. The minimum atomic E-state index is -0.712. The fourth-order valence-corrected chi connectivity index (χ4v) is 2.46. The van der Waals surface area contributed by atoms with Crippen molar-refractivity contribution in [1.29, 1.82) is 0 Å². The number of hydrogen-bond acceptors (Lipinski definition) is 2. The van der Waals surface area contributed by atoms with Crippen molar-refractivity contribution in [3.05, 3.63) is 35.9 Å². The van der Waals surface area contributed by atoms with Crippen LogP contribution in [0.25, 0.3) is 0 Å². The van der Waals surface area contributed by atoms with Gasteiger partial charge >= 0.3 is 5.97 Å². The second-order valence-corrected chi connectivity index (χ2v) is 4.78. The maximum Gasteiger partial charge on any atom is 0.320 e. The van der Waals surface area contributed by atoms with E-state index in [9.17, 15) is 4.79 Å². The Morgan fingerprint density at radius 1 is 1.35 bits per heavy atom. The van der Waals surface area contributed by atoms with E-state index in [0.29, 0.717) is 5.92 Å². The number of nitrogens with one attached hydrogen (secondary N) is 1. The van der Waals surface area contributed by atoms with Gasteiger partial charge in [0.2, 0.25) is 0 Å². The fourth-order valence-electron chi connectivity index (χ4n) is 2.46. The van der Waals surface area contributed by atoms with Crippen LogP contribution in [-0.2, 0) is 11.2 Å². The molecule has 2 atom stereocenters. The van der Waals surface area contributed by atoms with Crippen molar-refractivity contribution in [2.75, 3.05) is 6.54 Å². The van der Waals surface area contributed by atoms with Crippen LogP contribution in [0.5, 0.6) is 0 Å². The second kappa shape index (κ2) is 5.82. The van der Waals surface area contributed by atoms with Gasteiger partial charge in [0.25, 0.3) is 0 Å². The lowest BCUT2D eigenvalue weighted by molar-refractivity contribution is -0.139. The number of carboxylic acids is 1. The second-order valence-electron chi connectivity index (χ2n) is 4.78. The molecule has 0 aromatic heterocycles. The van der Waals surface area contributed by atoms with Crippen molar-refractivity contribution in [2.24, 2.45) is 5.92 Å². The highest BCUT2D eigenvalue weighted by molar-refractivity contribution is 5.73. The average Bonchev–Trinajstić information content (AvgIpc) is 2.79. The SMILES string of the molecule is O=C(O)[C@@H]1C[C@H](CCCc2ccccc2)CN1. The standard InChI is InChI=1S/C14H19NO2/c16-14(17)13-9-12(10-15-13)8-4-7-11-5-2-1-3-6-11/h1-3,5-6,12-13,15H,4,7-10H2,(H,16,17)/t12-,13-/m0/s1. The van der Waals surface area contributed by atoms with Crippen LogP contribution in [0.15, 0.2) is 30.3 Å². The summed E-state index contributed by atoms with van der Waals surface area (Å²) < 4.78 is 0. The van der Waals surface area contributed by atoms with Gasteiger partial charge in [-0.05, 0) is 43.7 Å². The number of benzene rings is 1. The molecule has 0 bridgehead atoms. The number of carboxylic acid groups (broad SMARTS) is 1.